The molecule has 1 unspecified atom stereocenters. The van der Waals surface area contributed by atoms with Crippen LogP contribution in [0.4, 0.5) is 26.3 Å². The molecule has 0 aromatic carbocycles. The SMILES string of the molecule is C=CC(=O)OC(C(F)(F)F)C(F)(F)CF. The Morgan fingerprint density at radius 3 is 2.07 bits per heavy atom. The summed E-state index contributed by atoms with van der Waals surface area (Å²) in [6, 6.07) is 0. The largest absolute Gasteiger partial charge is 0.443 e. The summed E-state index contributed by atoms with van der Waals surface area (Å²) < 4.78 is 75.6. The number of hydrogen-bond acceptors (Lipinski definition) is 2. The van der Waals surface area contributed by atoms with Gasteiger partial charge in [0.25, 0.3) is 6.10 Å². The topological polar surface area (TPSA) is 26.3 Å². The maximum absolute atomic E-state index is 12.4. The minimum atomic E-state index is -5.55. The quantitative estimate of drug-likeness (QED) is 0.425. The fourth-order valence-electron chi connectivity index (χ4n) is 0.627. The lowest BCUT2D eigenvalue weighted by Crippen LogP contribution is -2.49. The fraction of sp³-hybridized carbons (Fsp3) is 0.571. The number of carbonyl (C=O) groups excluding carboxylic acids is 1. The molecule has 0 aromatic heterocycles. The summed E-state index contributed by atoms with van der Waals surface area (Å²) in [5.74, 6) is -6.51. The third-order valence-electron chi connectivity index (χ3n) is 1.26. The standard InChI is InChI=1S/C7H6F6O2/c1-2-4(14)15-5(7(11,12)13)6(9,10)3-8/h2,5H,1,3H2. The van der Waals surface area contributed by atoms with Gasteiger partial charge in [0.1, 0.15) is 0 Å². The molecule has 0 aliphatic heterocycles. The van der Waals surface area contributed by atoms with E-state index in [0.717, 1.165) is 0 Å². The first kappa shape index (κ1) is 13.8. The first-order valence-electron chi connectivity index (χ1n) is 3.48. The zero-order valence-corrected chi connectivity index (χ0v) is 7.15. The summed E-state index contributed by atoms with van der Waals surface area (Å²) >= 11 is 0. The van der Waals surface area contributed by atoms with Crippen LogP contribution in [0, 0.1) is 0 Å². The van der Waals surface area contributed by atoms with Crippen LogP contribution >= 0.6 is 0 Å². The van der Waals surface area contributed by atoms with Gasteiger partial charge < -0.3 is 4.74 Å². The van der Waals surface area contributed by atoms with Crippen LogP contribution in [0.1, 0.15) is 0 Å². The molecule has 0 heterocycles. The zero-order valence-electron chi connectivity index (χ0n) is 7.15. The van der Waals surface area contributed by atoms with Crippen LogP contribution in [0.25, 0.3) is 0 Å². The van der Waals surface area contributed by atoms with E-state index in [2.05, 4.69) is 11.3 Å². The maximum Gasteiger partial charge on any atom is 0.431 e. The molecule has 8 heteroatoms. The zero-order chi connectivity index (χ0) is 12.3. The summed E-state index contributed by atoms with van der Waals surface area (Å²) in [4.78, 5) is 10.3. The second-order valence-electron chi connectivity index (χ2n) is 2.46. The van der Waals surface area contributed by atoms with Gasteiger partial charge >= 0.3 is 18.1 Å². The van der Waals surface area contributed by atoms with Crippen molar-refractivity contribution < 1.29 is 35.9 Å². The van der Waals surface area contributed by atoms with Crippen molar-refractivity contribution in [1.29, 1.82) is 0 Å². The molecule has 0 aliphatic carbocycles. The average molecular weight is 236 g/mol. The molecule has 0 saturated heterocycles. The Bertz CT molecular complexity index is 246. The van der Waals surface area contributed by atoms with Crippen LogP contribution in [0.15, 0.2) is 12.7 Å². The van der Waals surface area contributed by atoms with Crippen molar-refractivity contribution in [3.8, 4) is 0 Å². The normalized spacial score (nSPS) is 14.5. The molecule has 0 saturated carbocycles. The number of esters is 1. The molecule has 1 atom stereocenters. The molecular weight excluding hydrogens is 230 g/mol. The lowest BCUT2D eigenvalue weighted by atomic mass is 10.2. The molecule has 88 valence electrons. The van der Waals surface area contributed by atoms with E-state index in [4.69, 9.17) is 0 Å². The molecule has 0 bridgehead atoms. The van der Waals surface area contributed by atoms with Crippen molar-refractivity contribution in [3.05, 3.63) is 12.7 Å². The predicted octanol–water partition coefficient (Wildman–Crippen LogP) is 2.25. The van der Waals surface area contributed by atoms with Crippen molar-refractivity contribution in [1.82, 2.24) is 0 Å². The number of alkyl halides is 6. The molecule has 2 nitrogen and oxygen atoms in total. The van der Waals surface area contributed by atoms with E-state index in [-0.39, 0.29) is 6.08 Å². The summed E-state index contributed by atoms with van der Waals surface area (Å²) in [6.07, 6.45) is -9.08. The van der Waals surface area contributed by atoms with Crippen LogP contribution in [-0.4, -0.2) is 30.8 Å². The van der Waals surface area contributed by atoms with E-state index >= 15 is 0 Å². The van der Waals surface area contributed by atoms with Gasteiger partial charge in [-0.25, -0.2) is 9.18 Å². The number of hydrogen-bond donors (Lipinski definition) is 0. The van der Waals surface area contributed by atoms with Crippen LogP contribution in [-0.2, 0) is 9.53 Å². The van der Waals surface area contributed by atoms with Crippen LogP contribution < -0.4 is 0 Å². The second kappa shape index (κ2) is 4.54. The second-order valence-corrected chi connectivity index (χ2v) is 2.46. The van der Waals surface area contributed by atoms with Crippen molar-refractivity contribution in [3.63, 3.8) is 0 Å². The third-order valence-corrected chi connectivity index (χ3v) is 1.26. The van der Waals surface area contributed by atoms with E-state index in [9.17, 15) is 31.1 Å². The molecule has 0 radical (unpaired) electrons. The predicted molar refractivity (Wildman–Crippen MR) is 37.1 cm³/mol. The van der Waals surface area contributed by atoms with E-state index < -0.39 is 30.8 Å². The first-order valence-corrected chi connectivity index (χ1v) is 3.48. The van der Waals surface area contributed by atoms with Crippen LogP contribution in [0.2, 0.25) is 0 Å². The van der Waals surface area contributed by atoms with Gasteiger partial charge in [-0.1, -0.05) is 6.58 Å². The number of carbonyl (C=O) groups is 1. The molecule has 0 amide bonds. The molecular formula is C7H6F6O2. The Balaban J connectivity index is 4.91. The maximum atomic E-state index is 12.4. The molecule has 0 aliphatic rings. The highest BCUT2D eigenvalue weighted by Crippen LogP contribution is 2.35. The van der Waals surface area contributed by atoms with E-state index in [1.165, 1.54) is 0 Å². The van der Waals surface area contributed by atoms with E-state index in [1.807, 2.05) is 0 Å². The summed E-state index contributed by atoms with van der Waals surface area (Å²) in [7, 11) is 0. The van der Waals surface area contributed by atoms with Crippen molar-refractivity contribution >= 4 is 5.97 Å². The Kier molecular flexibility index (Phi) is 4.17. The van der Waals surface area contributed by atoms with Crippen molar-refractivity contribution in [2.75, 3.05) is 6.67 Å². The van der Waals surface area contributed by atoms with Crippen molar-refractivity contribution in [2.24, 2.45) is 0 Å². The molecule has 15 heavy (non-hydrogen) atoms. The summed E-state index contributed by atoms with van der Waals surface area (Å²) in [6.45, 7) is 0.141. The van der Waals surface area contributed by atoms with Gasteiger partial charge in [0, 0.05) is 6.08 Å². The lowest BCUT2D eigenvalue weighted by molar-refractivity contribution is -0.278. The highest BCUT2D eigenvalue weighted by atomic mass is 19.4. The average Bonchev–Trinajstić information content (AvgIpc) is 2.11. The van der Waals surface area contributed by atoms with Gasteiger partial charge in [-0.2, -0.15) is 22.0 Å². The van der Waals surface area contributed by atoms with E-state index in [0.29, 0.717) is 0 Å². The first-order chi connectivity index (χ1) is 6.65. The number of rotatable bonds is 4. The minimum absolute atomic E-state index is 0.271. The minimum Gasteiger partial charge on any atom is -0.443 e. The Morgan fingerprint density at radius 1 is 1.33 bits per heavy atom. The molecule has 0 aromatic rings. The molecule has 0 fully saturated rings. The van der Waals surface area contributed by atoms with Crippen LogP contribution in [0.5, 0.6) is 0 Å². The van der Waals surface area contributed by atoms with Gasteiger partial charge in [-0.15, -0.1) is 0 Å². The monoisotopic (exact) mass is 236 g/mol. The highest BCUT2D eigenvalue weighted by molar-refractivity contribution is 5.81. The Morgan fingerprint density at radius 2 is 1.80 bits per heavy atom. The molecule has 0 spiro atoms. The highest BCUT2D eigenvalue weighted by Gasteiger charge is 2.58. The molecule has 0 N–H and O–H groups in total. The van der Waals surface area contributed by atoms with Gasteiger partial charge in [0.15, 0.2) is 6.67 Å². The smallest absolute Gasteiger partial charge is 0.431 e. The summed E-state index contributed by atoms with van der Waals surface area (Å²) in [5.41, 5.74) is 0. The van der Waals surface area contributed by atoms with Crippen molar-refractivity contribution in [2.45, 2.75) is 18.2 Å². The molecule has 0 rings (SSSR count). The number of halogens is 6. The fourth-order valence-corrected chi connectivity index (χ4v) is 0.627. The van der Waals surface area contributed by atoms with Gasteiger partial charge in [-0.3, -0.25) is 0 Å². The number of ether oxygens (including phenoxy) is 1. The summed E-state index contributed by atoms with van der Waals surface area (Å²) in [5, 5.41) is 0. The Hall–Kier alpha value is -1.21. The van der Waals surface area contributed by atoms with E-state index in [1.54, 1.807) is 0 Å². The lowest BCUT2D eigenvalue weighted by Gasteiger charge is -2.25. The van der Waals surface area contributed by atoms with Crippen LogP contribution in [0.3, 0.4) is 0 Å². The van der Waals surface area contributed by atoms with Gasteiger partial charge in [0.05, 0.1) is 0 Å². The van der Waals surface area contributed by atoms with Gasteiger partial charge in [0.2, 0.25) is 0 Å². The van der Waals surface area contributed by atoms with Gasteiger partial charge in [-0.05, 0) is 0 Å². The third kappa shape index (κ3) is 3.80. The Labute approximate surface area is 80.5 Å².